The van der Waals surface area contributed by atoms with Gasteiger partial charge in [0, 0.05) is 17.3 Å². The SMILES string of the molecule is CC(C)c1cccc(-c2cn3c(-c4ccc(OC(F)(F)F)cc4)cnc3cn2)c1. The Hall–Kier alpha value is -3.35. The molecule has 2 aromatic carbocycles. The number of benzene rings is 2. The van der Waals surface area contributed by atoms with E-state index in [1.54, 1.807) is 24.5 Å². The number of halogens is 3. The molecule has 0 fully saturated rings. The summed E-state index contributed by atoms with van der Waals surface area (Å²) in [5.74, 6) is 0.142. The Morgan fingerprint density at radius 1 is 0.931 bits per heavy atom. The second kappa shape index (κ2) is 7.24. The first kappa shape index (κ1) is 19.0. The normalized spacial score (nSPS) is 11.9. The van der Waals surface area contributed by atoms with E-state index < -0.39 is 6.36 Å². The molecule has 0 radical (unpaired) electrons. The van der Waals surface area contributed by atoms with Crippen molar-refractivity contribution in [2.45, 2.75) is 26.1 Å². The van der Waals surface area contributed by atoms with Crippen molar-refractivity contribution in [3.63, 3.8) is 0 Å². The van der Waals surface area contributed by atoms with E-state index in [1.165, 1.54) is 17.7 Å². The average molecular weight is 397 g/mol. The summed E-state index contributed by atoms with van der Waals surface area (Å²) in [6.45, 7) is 4.27. The zero-order chi connectivity index (χ0) is 20.6. The van der Waals surface area contributed by atoms with Crippen LogP contribution in [0.5, 0.6) is 5.75 Å². The lowest BCUT2D eigenvalue weighted by atomic mass is 10.00. The van der Waals surface area contributed by atoms with Crippen molar-refractivity contribution in [3.05, 3.63) is 72.7 Å². The van der Waals surface area contributed by atoms with Crippen LogP contribution in [0, 0.1) is 0 Å². The molecule has 2 aromatic heterocycles. The van der Waals surface area contributed by atoms with Crippen molar-refractivity contribution in [1.82, 2.24) is 14.4 Å². The Morgan fingerprint density at radius 2 is 1.69 bits per heavy atom. The number of nitrogens with zero attached hydrogens (tertiary/aromatic N) is 3. The molecule has 0 unspecified atom stereocenters. The summed E-state index contributed by atoms with van der Waals surface area (Å²) in [5, 5.41) is 0. The van der Waals surface area contributed by atoms with Crippen LogP contribution < -0.4 is 4.74 Å². The maximum atomic E-state index is 12.4. The fourth-order valence-electron chi connectivity index (χ4n) is 3.14. The molecule has 0 aliphatic rings. The molecule has 0 atom stereocenters. The fourth-order valence-corrected chi connectivity index (χ4v) is 3.14. The topological polar surface area (TPSA) is 39.4 Å². The van der Waals surface area contributed by atoms with Gasteiger partial charge < -0.3 is 4.74 Å². The van der Waals surface area contributed by atoms with Crippen LogP contribution in [0.4, 0.5) is 13.2 Å². The van der Waals surface area contributed by atoms with Gasteiger partial charge in [0.15, 0.2) is 5.65 Å². The molecule has 0 saturated carbocycles. The van der Waals surface area contributed by atoms with Crippen molar-refractivity contribution in [2.75, 3.05) is 0 Å². The molecule has 2 heterocycles. The van der Waals surface area contributed by atoms with Crippen LogP contribution in [0.25, 0.3) is 28.2 Å². The largest absolute Gasteiger partial charge is 0.573 e. The summed E-state index contributed by atoms with van der Waals surface area (Å²) < 4.78 is 42.9. The molecular formula is C22H18F3N3O. The Morgan fingerprint density at radius 3 is 2.38 bits per heavy atom. The summed E-state index contributed by atoms with van der Waals surface area (Å²) in [4.78, 5) is 8.86. The minimum atomic E-state index is -4.71. The number of alkyl halides is 3. The molecule has 0 aliphatic carbocycles. The highest BCUT2D eigenvalue weighted by Gasteiger charge is 2.31. The maximum Gasteiger partial charge on any atom is 0.573 e. The minimum absolute atomic E-state index is 0.261. The first-order valence-electron chi connectivity index (χ1n) is 9.10. The molecule has 0 N–H and O–H groups in total. The number of aromatic nitrogens is 3. The van der Waals surface area contributed by atoms with E-state index >= 15 is 0 Å². The lowest BCUT2D eigenvalue weighted by Gasteiger charge is -2.10. The number of fused-ring (bicyclic) bond motifs is 1. The Balaban J connectivity index is 1.72. The molecule has 4 aromatic rings. The average Bonchev–Trinajstić information content (AvgIpc) is 3.10. The van der Waals surface area contributed by atoms with E-state index in [0.29, 0.717) is 11.6 Å². The van der Waals surface area contributed by atoms with Gasteiger partial charge in [-0.1, -0.05) is 32.0 Å². The van der Waals surface area contributed by atoms with Crippen LogP contribution in [0.1, 0.15) is 25.3 Å². The van der Waals surface area contributed by atoms with E-state index in [-0.39, 0.29) is 5.75 Å². The highest BCUT2D eigenvalue weighted by molar-refractivity contribution is 5.67. The second-order valence-corrected chi connectivity index (χ2v) is 7.00. The number of hydrogen-bond donors (Lipinski definition) is 0. The molecule has 0 aliphatic heterocycles. The third-order valence-corrected chi connectivity index (χ3v) is 4.63. The van der Waals surface area contributed by atoms with Crippen molar-refractivity contribution >= 4 is 5.65 Å². The van der Waals surface area contributed by atoms with Crippen molar-refractivity contribution < 1.29 is 17.9 Å². The molecule has 0 saturated heterocycles. The Bertz CT molecular complexity index is 1150. The lowest BCUT2D eigenvalue weighted by Crippen LogP contribution is -2.16. The summed E-state index contributed by atoms with van der Waals surface area (Å²) in [5.41, 5.74) is 5.13. The number of ether oxygens (including phenoxy) is 1. The highest BCUT2D eigenvalue weighted by atomic mass is 19.4. The Kier molecular flexibility index (Phi) is 4.74. The first-order chi connectivity index (χ1) is 13.8. The fraction of sp³-hybridized carbons (Fsp3) is 0.182. The van der Waals surface area contributed by atoms with Crippen molar-refractivity contribution in [2.24, 2.45) is 0 Å². The van der Waals surface area contributed by atoms with Crippen LogP contribution in [0.15, 0.2) is 67.1 Å². The van der Waals surface area contributed by atoms with E-state index in [4.69, 9.17) is 0 Å². The monoisotopic (exact) mass is 397 g/mol. The van der Waals surface area contributed by atoms with E-state index in [1.807, 2.05) is 22.7 Å². The summed E-state index contributed by atoms with van der Waals surface area (Å²) >= 11 is 0. The molecule has 0 amide bonds. The number of hydrogen-bond acceptors (Lipinski definition) is 3. The Labute approximate surface area is 165 Å². The van der Waals surface area contributed by atoms with Crippen LogP contribution in [-0.2, 0) is 0 Å². The van der Waals surface area contributed by atoms with Gasteiger partial charge in [0.05, 0.1) is 23.8 Å². The zero-order valence-corrected chi connectivity index (χ0v) is 15.8. The molecule has 4 nitrogen and oxygen atoms in total. The molecule has 0 bridgehead atoms. The molecule has 4 rings (SSSR count). The van der Waals surface area contributed by atoms with Crippen molar-refractivity contribution in [3.8, 4) is 28.3 Å². The molecule has 148 valence electrons. The van der Waals surface area contributed by atoms with Gasteiger partial charge in [-0.25, -0.2) is 4.98 Å². The van der Waals surface area contributed by atoms with Gasteiger partial charge in [0.2, 0.25) is 0 Å². The van der Waals surface area contributed by atoms with Crippen LogP contribution in [0.2, 0.25) is 0 Å². The molecule has 0 spiro atoms. The lowest BCUT2D eigenvalue weighted by molar-refractivity contribution is -0.274. The van der Waals surface area contributed by atoms with Gasteiger partial charge in [0.25, 0.3) is 0 Å². The predicted octanol–water partition coefficient (Wildman–Crippen LogP) is 6.09. The molecule has 7 heteroatoms. The van der Waals surface area contributed by atoms with E-state index in [9.17, 15) is 13.2 Å². The van der Waals surface area contributed by atoms with Gasteiger partial charge in [-0.2, -0.15) is 0 Å². The van der Waals surface area contributed by atoms with Gasteiger partial charge in [-0.05, 0) is 41.8 Å². The van der Waals surface area contributed by atoms with Gasteiger partial charge >= 0.3 is 6.36 Å². The third kappa shape index (κ3) is 4.08. The summed E-state index contributed by atoms with van der Waals surface area (Å²) in [6, 6.07) is 13.9. The van der Waals surface area contributed by atoms with E-state index in [2.05, 4.69) is 40.7 Å². The van der Waals surface area contributed by atoms with Gasteiger partial charge in [-0.15, -0.1) is 13.2 Å². The highest BCUT2D eigenvalue weighted by Crippen LogP contribution is 2.28. The standard InChI is InChI=1S/C22H18F3N3O/c1-14(2)16-4-3-5-17(10-16)19-13-28-20(11-27-21(28)12-26-19)15-6-8-18(9-7-15)29-22(23,24)25/h3-14H,1-2H3. The second-order valence-electron chi connectivity index (χ2n) is 7.00. The maximum absolute atomic E-state index is 12.4. The zero-order valence-electron chi connectivity index (χ0n) is 15.8. The molecule has 29 heavy (non-hydrogen) atoms. The summed E-state index contributed by atoms with van der Waals surface area (Å²) in [7, 11) is 0. The van der Waals surface area contributed by atoms with Gasteiger partial charge in [-0.3, -0.25) is 9.38 Å². The van der Waals surface area contributed by atoms with Crippen LogP contribution >= 0.6 is 0 Å². The quantitative estimate of drug-likeness (QED) is 0.419. The van der Waals surface area contributed by atoms with Crippen molar-refractivity contribution in [1.29, 1.82) is 0 Å². The predicted molar refractivity (Wildman–Crippen MR) is 105 cm³/mol. The minimum Gasteiger partial charge on any atom is -0.406 e. The summed E-state index contributed by atoms with van der Waals surface area (Å²) in [6.07, 6.45) is 0.528. The smallest absolute Gasteiger partial charge is 0.406 e. The van der Waals surface area contributed by atoms with Gasteiger partial charge in [0.1, 0.15) is 5.75 Å². The van der Waals surface area contributed by atoms with Crippen LogP contribution in [-0.4, -0.2) is 20.7 Å². The van der Waals surface area contributed by atoms with Crippen LogP contribution in [0.3, 0.4) is 0 Å². The number of imidazole rings is 1. The number of rotatable bonds is 4. The first-order valence-corrected chi connectivity index (χ1v) is 9.10. The molecular weight excluding hydrogens is 379 g/mol. The van der Waals surface area contributed by atoms with E-state index in [0.717, 1.165) is 22.5 Å². The third-order valence-electron chi connectivity index (χ3n) is 4.63.